The van der Waals surface area contributed by atoms with Crippen molar-refractivity contribution in [3.63, 3.8) is 0 Å². The van der Waals surface area contributed by atoms with Crippen molar-refractivity contribution in [3.8, 4) is 0 Å². The highest BCUT2D eigenvalue weighted by molar-refractivity contribution is 7.80. The molecule has 3 aromatic rings. The van der Waals surface area contributed by atoms with Gasteiger partial charge in [0.1, 0.15) is 0 Å². The van der Waals surface area contributed by atoms with E-state index in [1.54, 1.807) is 44.0 Å². The second-order valence-corrected chi connectivity index (χ2v) is 12.7. The third-order valence-corrected chi connectivity index (χ3v) is 10.2. The van der Waals surface area contributed by atoms with Gasteiger partial charge in [0.05, 0.1) is 0 Å². The van der Waals surface area contributed by atoms with Crippen molar-refractivity contribution in [2.75, 3.05) is 0 Å². The van der Waals surface area contributed by atoms with Gasteiger partial charge >= 0.3 is 0 Å². The van der Waals surface area contributed by atoms with E-state index in [1.807, 2.05) is 0 Å². The maximum Gasteiger partial charge on any atom is -0.0116 e. The summed E-state index contributed by atoms with van der Waals surface area (Å²) < 4.78 is 0. The van der Waals surface area contributed by atoms with Gasteiger partial charge in [0.25, 0.3) is 0 Å². The van der Waals surface area contributed by atoms with Crippen molar-refractivity contribution in [1.29, 1.82) is 0 Å². The zero-order chi connectivity index (χ0) is 26.6. The van der Waals surface area contributed by atoms with Crippen LogP contribution in [0.5, 0.6) is 0 Å². The molecule has 0 N–H and O–H groups in total. The summed E-state index contributed by atoms with van der Waals surface area (Å²) in [4.78, 5) is 0. The minimum Gasteiger partial charge on any atom is -0.0651 e. The third-order valence-electron chi connectivity index (χ3n) is 7.54. The number of benzene rings is 3. The SMILES string of the molecule is CCCc1ccc(P(c2ccccc2)c2ccc(CCC)c(CCC)c2CCC)c(CCC)c1CCC. The number of aryl methyl sites for hydroxylation is 2. The molecule has 0 atom stereocenters. The summed E-state index contributed by atoms with van der Waals surface area (Å²) in [7, 11) is -0.608. The van der Waals surface area contributed by atoms with Gasteiger partial charge in [0.15, 0.2) is 0 Å². The summed E-state index contributed by atoms with van der Waals surface area (Å²) in [6, 6.07) is 21.6. The Morgan fingerprint density at radius 3 is 1.16 bits per heavy atom. The first-order chi connectivity index (χ1) is 18.1. The van der Waals surface area contributed by atoms with Crippen LogP contribution in [0.4, 0.5) is 0 Å². The first kappa shape index (κ1) is 29.6. The summed E-state index contributed by atoms with van der Waals surface area (Å²) in [6.45, 7) is 14.1. The molecule has 0 radical (unpaired) electrons. The smallest absolute Gasteiger partial charge is 0.0116 e. The highest BCUT2D eigenvalue weighted by atomic mass is 31.1. The predicted molar refractivity (Wildman–Crippen MR) is 169 cm³/mol. The van der Waals surface area contributed by atoms with E-state index in [-0.39, 0.29) is 0 Å². The van der Waals surface area contributed by atoms with Crippen LogP contribution in [0.2, 0.25) is 0 Å². The zero-order valence-electron chi connectivity index (χ0n) is 24.6. The van der Waals surface area contributed by atoms with Crippen LogP contribution in [0.3, 0.4) is 0 Å². The quantitative estimate of drug-likeness (QED) is 0.177. The molecular formula is C36H51P. The molecule has 37 heavy (non-hydrogen) atoms. The molecular weight excluding hydrogens is 463 g/mol. The fourth-order valence-corrected chi connectivity index (χ4v) is 8.82. The zero-order valence-corrected chi connectivity index (χ0v) is 25.5. The second-order valence-electron chi connectivity index (χ2n) is 10.6. The minimum atomic E-state index is -0.608. The lowest BCUT2D eigenvalue weighted by Gasteiger charge is -2.29. The van der Waals surface area contributed by atoms with E-state index in [0.29, 0.717) is 0 Å². The topological polar surface area (TPSA) is 0 Å². The average Bonchev–Trinajstić information content (AvgIpc) is 2.91. The molecule has 0 heterocycles. The molecule has 0 saturated heterocycles. The molecule has 0 aliphatic carbocycles. The van der Waals surface area contributed by atoms with Crippen LogP contribution in [-0.4, -0.2) is 0 Å². The predicted octanol–water partition coefficient (Wildman–Crippen LogP) is 9.16. The van der Waals surface area contributed by atoms with E-state index >= 15 is 0 Å². The first-order valence-corrected chi connectivity index (χ1v) is 16.6. The molecule has 3 aromatic carbocycles. The van der Waals surface area contributed by atoms with Gasteiger partial charge in [-0.05, 0) is 95.7 Å². The van der Waals surface area contributed by atoms with Crippen LogP contribution in [0.15, 0.2) is 54.6 Å². The summed E-state index contributed by atoms with van der Waals surface area (Å²) in [5.41, 5.74) is 9.86. The molecule has 0 aromatic heterocycles. The fourth-order valence-electron chi connectivity index (χ4n) is 6.05. The summed E-state index contributed by atoms with van der Waals surface area (Å²) in [6.07, 6.45) is 14.4. The Bertz CT molecular complexity index is 1030. The molecule has 0 aliphatic heterocycles. The Morgan fingerprint density at radius 1 is 0.405 bits per heavy atom. The first-order valence-electron chi connectivity index (χ1n) is 15.3. The van der Waals surface area contributed by atoms with Gasteiger partial charge in [-0.2, -0.15) is 0 Å². The number of hydrogen-bond donors (Lipinski definition) is 0. The molecule has 0 bridgehead atoms. The van der Waals surface area contributed by atoms with Gasteiger partial charge in [0.2, 0.25) is 0 Å². The Balaban J connectivity index is 2.37. The van der Waals surface area contributed by atoms with Crippen molar-refractivity contribution in [3.05, 3.63) is 88.0 Å². The largest absolute Gasteiger partial charge is 0.0651 e. The minimum absolute atomic E-state index is 0.608. The lowest BCUT2D eigenvalue weighted by molar-refractivity contribution is 0.828. The van der Waals surface area contributed by atoms with E-state index in [0.717, 1.165) is 0 Å². The Labute approximate surface area is 230 Å². The van der Waals surface area contributed by atoms with E-state index < -0.39 is 7.92 Å². The van der Waals surface area contributed by atoms with Crippen molar-refractivity contribution in [2.24, 2.45) is 0 Å². The molecule has 0 aliphatic rings. The molecule has 0 saturated carbocycles. The van der Waals surface area contributed by atoms with Crippen molar-refractivity contribution in [1.82, 2.24) is 0 Å². The normalized spacial score (nSPS) is 11.4. The molecule has 3 rings (SSSR count). The van der Waals surface area contributed by atoms with Crippen LogP contribution >= 0.6 is 7.92 Å². The maximum absolute atomic E-state index is 2.54. The third kappa shape index (κ3) is 7.15. The van der Waals surface area contributed by atoms with Gasteiger partial charge < -0.3 is 0 Å². The van der Waals surface area contributed by atoms with Gasteiger partial charge in [-0.15, -0.1) is 0 Å². The maximum atomic E-state index is 2.54. The molecule has 0 unspecified atom stereocenters. The van der Waals surface area contributed by atoms with Crippen molar-refractivity contribution in [2.45, 2.75) is 119 Å². The van der Waals surface area contributed by atoms with Crippen LogP contribution in [0, 0.1) is 0 Å². The molecule has 1 heteroatoms. The summed E-state index contributed by atoms with van der Waals surface area (Å²) in [5, 5.41) is 4.74. The van der Waals surface area contributed by atoms with E-state index in [1.165, 1.54) is 82.4 Å². The van der Waals surface area contributed by atoms with E-state index in [9.17, 15) is 0 Å². The van der Waals surface area contributed by atoms with Gasteiger partial charge in [-0.3, -0.25) is 0 Å². The number of rotatable bonds is 15. The Kier molecular flexibility index (Phi) is 12.4. The Hall–Kier alpha value is -1.91. The van der Waals surface area contributed by atoms with Crippen LogP contribution in [0.1, 0.15) is 113 Å². The lowest BCUT2D eigenvalue weighted by atomic mass is 9.92. The van der Waals surface area contributed by atoms with Gasteiger partial charge in [-0.1, -0.05) is 135 Å². The highest BCUT2D eigenvalue weighted by Gasteiger charge is 2.26. The molecule has 0 amide bonds. The number of hydrogen-bond acceptors (Lipinski definition) is 0. The fraction of sp³-hybridized carbons (Fsp3) is 0.500. The standard InChI is InChI=1S/C36H51P/c1-7-16-28-24-26-35(33(20-11-5)31(28)18-9-3)37(30-22-14-13-15-23-30)36-27-25-29(17-8-2)32(19-10-4)34(36)21-12-6/h13-15,22-27H,7-12,16-21H2,1-6H3. The highest BCUT2D eigenvalue weighted by Crippen LogP contribution is 2.39. The molecule has 0 fully saturated rings. The van der Waals surface area contributed by atoms with E-state index in [2.05, 4.69) is 96.1 Å². The summed E-state index contributed by atoms with van der Waals surface area (Å²) in [5.74, 6) is 0. The lowest BCUT2D eigenvalue weighted by Crippen LogP contribution is -2.28. The monoisotopic (exact) mass is 514 g/mol. The Morgan fingerprint density at radius 2 is 0.784 bits per heavy atom. The average molecular weight is 515 g/mol. The van der Waals surface area contributed by atoms with E-state index in [4.69, 9.17) is 0 Å². The van der Waals surface area contributed by atoms with Crippen molar-refractivity contribution < 1.29 is 0 Å². The molecule has 0 spiro atoms. The van der Waals surface area contributed by atoms with Crippen LogP contribution in [-0.2, 0) is 38.5 Å². The molecule has 200 valence electrons. The van der Waals surface area contributed by atoms with Crippen LogP contribution < -0.4 is 15.9 Å². The van der Waals surface area contributed by atoms with Gasteiger partial charge in [0, 0.05) is 0 Å². The second kappa shape index (κ2) is 15.5. The molecule has 0 nitrogen and oxygen atoms in total. The summed E-state index contributed by atoms with van der Waals surface area (Å²) >= 11 is 0. The van der Waals surface area contributed by atoms with Crippen molar-refractivity contribution >= 4 is 23.8 Å². The van der Waals surface area contributed by atoms with Crippen LogP contribution in [0.25, 0.3) is 0 Å². The van der Waals surface area contributed by atoms with Gasteiger partial charge in [-0.25, -0.2) is 0 Å².